The molecule has 4 aromatic rings. The lowest BCUT2D eigenvalue weighted by Gasteiger charge is -2.21. The van der Waals surface area contributed by atoms with E-state index in [2.05, 4.69) is 15.3 Å². The van der Waals surface area contributed by atoms with Crippen molar-refractivity contribution in [3.8, 4) is 16.9 Å². The van der Waals surface area contributed by atoms with E-state index in [9.17, 15) is 18.0 Å². The lowest BCUT2D eigenvalue weighted by atomic mass is 10.0. The topological polar surface area (TPSA) is 68.5 Å². The van der Waals surface area contributed by atoms with Crippen molar-refractivity contribution >= 4 is 22.5 Å². The van der Waals surface area contributed by atoms with E-state index in [0.717, 1.165) is 17.1 Å². The first-order chi connectivity index (χ1) is 15.3. The van der Waals surface area contributed by atoms with Crippen molar-refractivity contribution in [3.05, 3.63) is 60.7 Å². The van der Waals surface area contributed by atoms with Gasteiger partial charge in [0.25, 0.3) is 0 Å². The number of nitrogens with one attached hydrogen (secondary N) is 1. The second-order valence-corrected chi connectivity index (χ2v) is 7.94. The number of aromatic nitrogens is 3. The zero-order valence-electron chi connectivity index (χ0n) is 17.1. The van der Waals surface area contributed by atoms with Crippen molar-refractivity contribution in [2.24, 2.45) is 5.92 Å². The molecule has 5 rings (SSSR count). The number of benzene rings is 1. The molecule has 0 spiro atoms. The Morgan fingerprint density at radius 3 is 2.78 bits per heavy atom. The summed E-state index contributed by atoms with van der Waals surface area (Å²) in [6, 6.07) is 10.7. The van der Waals surface area contributed by atoms with Crippen LogP contribution in [0.4, 0.5) is 13.2 Å². The summed E-state index contributed by atoms with van der Waals surface area (Å²) in [6.07, 6.45) is -0.0511. The molecule has 1 aromatic carbocycles. The molecule has 4 heterocycles. The first-order valence-electron chi connectivity index (χ1n) is 10.2. The van der Waals surface area contributed by atoms with Crippen molar-refractivity contribution in [1.29, 1.82) is 0 Å². The fourth-order valence-corrected chi connectivity index (χ4v) is 3.97. The Morgan fingerprint density at radius 2 is 2.03 bits per heavy atom. The number of pyridine rings is 2. The van der Waals surface area contributed by atoms with Crippen LogP contribution in [0.25, 0.3) is 27.7 Å². The van der Waals surface area contributed by atoms with Crippen LogP contribution >= 0.6 is 0 Å². The average molecular weight is 440 g/mol. The van der Waals surface area contributed by atoms with Crippen molar-refractivity contribution < 1.29 is 22.7 Å². The molecule has 1 amide bonds. The van der Waals surface area contributed by atoms with Gasteiger partial charge in [0.2, 0.25) is 5.91 Å². The maximum Gasteiger partial charge on any atom is 0.434 e. The number of fused-ring (bicyclic) bond motifs is 2. The molecule has 0 radical (unpaired) electrons. The van der Waals surface area contributed by atoms with Crippen LogP contribution in [0.3, 0.4) is 0 Å². The second-order valence-electron chi connectivity index (χ2n) is 7.94. The molecule has 164 valence electrons. The summed E-state index contributed by atoms with van der Waals surface area (Å²) in [5.41, 5.74) is 1.43. The fourth-order valence-electron chi connectivity index (χ4n) is 3.97. The van der Waals surface area contributed by atoms with Gasteiger partial charge in [0.1, 0.15) is 17.5 Å². The number of alkyl halides is 3. The first kappa shape index (κ1) is 20.3. The van der Waals surface area contributed by atoms with Gasteiger partial charge in [0.05, 0.1) is 5.52 Å². The molecular weight excluding hydrogens is 421 g/mol. The Hall–Kier alpha value is -3.62. The molecule has 3 aromatic heterocycles. The standard InChI is InChI=1S/C23H19F3N4O2/c1-13(16-9-22(31)28-10-16)32-19-8-15(7-18-17(19)3-2-6-27-18)14-4-5-21-29-20(23(24,25)26)12-30(21)11-14/h2-8,11-13,16H,9-10H2,1H3,(H,28,31)/t13?,16-/m1/s1. The Balaban J connectivity index is 1.55. The molecule has 6 nitrogen and oxygen atoms in total. The summed E-state index contributed by atoms with van der Waals surface area (Å²) < 4.78 is 46.7. The van der Waals surface area contributed by atoms with Gasteiger partial charge >= 0.3 is 6.18 Å². The van der Waals surface area contributed by atoms with Crippen LogP contribution in [0.5, 0.6) is 5.75 Å². The molecule has 9 heteroatoms. The zero-order valence-corrected chi connectivity index (χ0v) is 17.1. The molecule has 1 aliphatic rings. The molecule has 1 N–H and O–H groups in total. The predicted octanol–water partition coefficient (Wildman–Crippen LogP) is 4.47. The number of amides is 1. The summed E-state index contributed by atoms with van der Waals surface area (Å²) in [4.78, 5) is 19.7. The van der Waals surface area contributed by atoms with Gasteiger partial charge < -0.3 is 14.5 Å². The third-order valence-electron chi connectivity index (χ3n) is 5.74. The quantitative estimate of drug-likeness (QED) is 0.508. The van der Waals surface area contributed by atoms with E-state index in [1.54, 1.807) is 24.5 Å². The van der Waals surface area contributed by atoms with E-state index in [0.29, 0.717) is 29.8 Å². The van der Waals surface area contributed by atoms with E-state index in [-0.39, 0.29) is 23.6 Å². The molecule has 1 aliphatic heterocycles. The monoisotopic (exact) mass is 440 g/mol. The number of imidazole rings is 1. The van der Waals surface area contributed by atoms with Gasteiger partial charge in [-0.05, 0) is 54.4 Å². The molecule has 0 aliphatic carbocycles. The normalized spacial score (nSPS) is 17.6. The van der Waals surface area contributed by atoms with Gasteiger partial charge in [-0.2, -0.15) is 13.2 Å². The summed E-state index contributed by atoms with van der Waals surface area (Å²) in [5, 5.41) is 3.64. The number of carbonyl (C=O) groups excluding carboxylic acids is 1. The predicted molar refractivity (Wildman–Crippen MR) is 112 cm³/mol. The first-order valence-corrected chi connectivity index (χ1v) is 10.2. The second kappa shape index (κ2) is 7.51. The maximum absolute atomic E-state index is 13.0. The number of nitrogens with zero attached hydrogens (tertiary/aromatic N) is 3. The Morgan fingerprint density at radius 1 is 1.19 bits per heavy atom. The molecular formula is C23H19F3N4O2. The lowest BCUT2D eigenvalue weighted by Crippen LogP contribution is -2.25. The Bertz CT molecular complexity index is 1330. The molecule has 32 heavy (non-hydrogen) atoms. The van der Waals surface area contributed by atoms with Crippen molar-refractivity contribution in [1.82, 2.24) is 19.7 Å². The number of carbonyl (C=O) groups is 1. The largest absolute Gasteiger partial charge is 0.490 e. The van der Waals surface area contributed by atoms with Gasteiger partial charge in [-0.25, -0.2) is 4.98 Å². The van der Waals surface area contributed by atoms with E-state index in [1.807, 2.05) is 31.2 Å². The van der Waals surface area contributed by atoms with Gasteiger partial charge in [0, 0.05) is 42.9 Å². The molecule has 2 atom stereocenters. The van der Waals surface area contributed by atoms with Gasteiger partial charge in [-0.15, -0.1) is 0 Å². The summed E-state index contributed by atoms with van der Waals surface area (Å²) in [5.74, 6) is 0.678. The highest BCUT2D eigenvalue weighted by Crippen LogP contribution is 2.34. The highest BCUT2D eigenvalue weighted by Gasteiger charge is 2.34. The minimum absolute atomic E-state index is 0.0117. The van der Waals surface area contributed by atoms with Crippen LogP contribution < -0.4 is 10.1 Å². The third kappa shape index (κ3) is 3.74. The van der Waals surface area contributed by atoms with Crippen molar-refractivity contribution in [2.45, 2.75) is 25.6 Å². The molecule has 1 unspecified atom stereocenters. The Kier molecular flexibility index (Phi) is 4.76. The number of hydrogen-bond donors (Lipinski definition) is 1. The average Bonchev–Trinajstić information content (AvgIpc) is 3.39. The van der Waals surface area contributed by atoms with E-state index in [1.165, 1.54) is 4.40 Å². The number of ether oxygens (including phenoxy) is 1. The number of hydrogen-bond acceptors (Lipinski definition) is 4. The van der Waals surface area contributed by atoms with Crippen LogP contribution in [-0.2, 0) is 11.0 Å². The van der Waals surface area contributed by atoms with Crippen LogP contribution in [-0.4, -0.2) is 32.9 Å². The Labute approximate surface area is 181 Å². The van der Waals surface area contributed by atoms with Crippen LogP contribution in [0.2, 0.25) is 0 Å². The third-order valence-corrected chi connectivity index (χ3v) is 5.74. The maximum atomic E-state index is 13.0. The van der Waals surface area contributed by atoms with Gasteiger partial charge in [-0.3, -0.25) is 9.78 Å². The molecule has 0 saturated carbocycles. The highest BCUT2D eigenvalue weighted by molar-refractivity contribution is 5.90. The van der Waals surface area contributed by atoms with E-state index < -0.39 is 11.9 Å². The number of halogens is 3. The fraction of sp³-hybridized carbons (Fsp3) is 0.261. The zero-order chi connectivity index (χ0) is 22.5. The van der Waals surface area contributed by atoms with Crippen molar-refractivity contribution in [3.63, 3.8) is 0 Å². The van der Waals surface area contributed by atoms with Gasteiger partial charge in [0.15, 0.2) is 5.69 Å². The molecule has 1 saturated heterocycles. The summed E-state index contributed by atoms with van der Waals surface area (Å²) in [7, 11) is 0. The minimum Gasteiger partial charge on any atom is -0.490 e. The highest BCUT2D eigenvalue weighted by atomic mass is 19.4. The summed E-state index contributed by atoms with van der Waals surface area (Å²) >= 11 is 0. The molecule has 0 bridgehead atoms. The smallest absolute Gasteiger partial charge is 0.434 e. The van der Waals surface area contributed by atoms with Crippen LogP contribution in [0, 0.1) is 5.92 Å². The van der Waals surface area contributed by atoms with Crippen molar-refractivity contribution in [2.75, 3.05) is 6.54 Å². The van der Waals surface area contributed by atoms with Gasteiger partial charge in [-0.1, -0.05) is 0 Å². The summed E-state index contributed by atoms with van der Waals surface area (Å²) in [6.45, 7) is 2.49. The minimum atomic E-state index is -4.51. The number of rotatable bonds is 4. The SMILES string of the molecule is CC(Oc1cc(-c2ccc3nc(C(F)(F)F)cn3c2)cc2ncccc12)[C@H]1CNC(=O)C1. The molecule has 1 fully saturated rings. The van der Waals surface area contributed by atoms with Crippen LogP contribution in [0.15, 0.2) is 55.0 Å². The van der Waals surface area contributed by atoms with E-state index >= 15 is 0 Å². The lowest BCUT2D eigenvalue weighted by molar-refractivity contribution is -0.140. The van der Waals surface area contributed by atoms with Crippen LogP contribution in [0.1, 0.15) is 19.0 Å². The van der Waals surface area contributed by atoms with E-state index in [4.69, 9.17) is 4.74 Å².